The quantitative estimate of drug-likeness (QED) is 0.546. The molecule has 0 aromatic heterocycles. The number of carbonyl (C=O) groups is 2. The van der Waals surface area contributed by atoms with Crippen molar-refractivity contribution in [2.75, 3.05) is 0 Å². The fourth-order valence-electron chi connectivity index (χ4n) is 1.43. The van der Waals surface area contributed by atoms with Crippen LogP contribution >= 0.6 is 0 Å². The smallest absolute Gasteiger partial charge is 0.170 e. The maximum absolute atomic E-state index is 11.6. The summed E-state index contributed by atoms with van der Waals surface area (Å²) in [6.07, 6.45) is 0.515. The summed E-state index contributed by atoms with van der Waals surface area (Å²) in [5, 5.41) is 0. The number of Topliss-reactive ketones (excluding diaryl/α,β-unsaturated/α-hetero) is 2. The summed E-state index contributed by atoms with van der Waals surface area (Å²) in [6, 6.07) is 8.95. The molecule has 0 heterocycles. The van der Waals surface area contributed by atoms with E-state index < -0.39 is 0 Å². The van der Waals surface area contributed by atoms with Gasteiger partial charge in [0.2, 0.25) is 0 Å². The Bertz CT molecular complexity index is 339. The van der Waals surface area contributed by atoms with Gasteiger partial charge < -0.3 is 0 Å². The number of benzene rings is 1. The van der Waals surface area contributed by atoms with Gasteiger partial charge in [-0.05, 0) is 5.92 Å². The molecule has 0 atom stereocenters. The van der Waals surface area contributed by atoms with Crippen molar-refractivity contribution in [3.05, 3.63) is 35.9 Å². The van der Waals surface area contributed by atoms with Crippen molar-refractivity contribution in [1.82, 2.24) is 0 Å². The van der Waals surface area contributed by atoms with Gasteiger partial charge in [0.05, 0.1) is 6.42 Å². The third-order valence-corrected chi connectivity index (χ3v) is 2.09. The van der Waals surface area contributed by atoms with Crippen molar-refractivity contribution in [3.63, 3.8) is 0 Å². The highest BCUT2D eigenvalue weighted by molar-refractivity contribution is 6.07. The average molecular weight is 204 g/mol. The van der Waals surface area contributed by atoms with Crippen molar-refractivity contribution < 1.29 is 9.59 Å². The average Bonchev–Trinajstić information content (AvgIpc) is 2.17. The van der Waals surface area contributed by atoms with E-state index in [1.807, 2.05) is 19.9 Å². The molecule has 0 aliphatic rings. The summed E-state index contributed by atoms with van der Waals surface area (Å²) in [5.74, 6) is 0.265. The van der Waals surface area contributed by atoms with E-state index in [1.54, 1.807) is 24.3 Å². The molecule has 0 saturated carbocycles. The van der Waals surface area contributed by atoms with Crippen molar-refractivity contribution >= 4 is 11.6 Å². The Morgan fingerprint density at radius 1 is 1.13 bits per heavy atom. The van der Waals surface area contributed by atoms with Crippen LogP contribution in [0, 0.1) is 5.92 Å². The van der Waals surface area contributed by atoms with Crippen LogP contribution in [0.2, 0.25) is 0 Å². The van der Waals surface area contributed by atoms with Gasteiger partial charge in [0.1, 0.15) is 5.78 Å². The summed E-state index contributed by atoms with van der Waals surface area (Å²) >= 11 is 0. The molecule has 1 rings (SSSR count). The number of carbonyl (C=O) groups excluding carboxylic acids is 2. The van der Waals surface area contributed by atoms with Crippen molar-refractivity contribution in [3.8, 4) is 0 Å². The van der Waals surface area contributed by atoms with Crippen LogP contribution in [0.25, 0.3) is 0 Å². The van der Waals surface area contributed by atoms with Gasteiger partial charge in [0, 0.05) is 12.0 Å². The number of ketones is 2. The Balaban J connectivity index is 2.53. The molecule has 0 aliphatic carbocycles. The molecule has 0 aliphatic heterocycles. The Labute approximate surface area is 90.3 Å². The summed E-state index contributed by atoms with van der Waals surface area (Å²) in [6.45, 7) is 3.95. The molecule has 0 fully saturated rings. The Hall–Kier alpha value is -1.44. The molecule has 1 aromatic rings. The normalized spacial score (nSPS) is 10.3. The van der Waals surface area contributed by atoms with Crippen molar-refractivity contribution in [1.29, 1.82) is 0 Å². The zero-order valence-corrected chi connectivity index (χ0v) is 9.19. The molecule has 0 saturated heterocycles. The molecular formula is C13H16O2. The molecule has 15 heavy (non-hydrogen) atoms. The van der Waals surface area contributed by atoms with Gasteiger partial charge in [-0.15, -0.1) is 0 Å². The van der Waals surface area contributed by atoms with E-state index in [9.17, 15) is 9.59 Å². The van der Waals surface area contributed by atoms with E-state index in [2.05, 4.69) is 0 Å². The molecule has 1 aromatic carbocycles. The zero-order chi connectivity index (χ0) is 11.3. The third-order valence-electron chi connectivity index (χ3n) is 2.09. The molecule has 0 N–H and O–H groups in total. The summed E-state index contributed by atoms with van der Waals surface area (Å²) in [5.41, 5.74) is 0.620. The van der Waals surface area contributed by atoms with Gasteiger partial charge in [-0.3, -0.25) is 9.59 Å². The lowest BCUT2D eigenvalue weighted by atomic mass is 10.0. The first kappa shape index (κ1) is 11.6. The van der Waals surface area contributed by atoms with Gasteiger partial charge in [-0.2, -0.15) is 0 Å². The van der Waals surface area contributed by atoms with Crippen LogP contribution in [-0.4, -0.2) is 11.6 Å². The van der Waals surface area contributed by atoms with E-state index in [-0.39, 0.29) is 18.0 Å². The molecule has 2 heteroatoms. The predicted octanol–water partition coefficient (Wildman–Crippen LogP) is 2.87. The Morgan fingerprint density at radius 3 is 2.27 bits per heavy atom. The minimum absolute atomic E-state index is 0.0267. The van der Waals surface area contributed by atoms with Crippen LogP contribution < -0.4 is 0 Å². The van der Waals surface area contributed by atoms with Crippen LogP contribution in [0.15, 0.2) is 30.3 Å². The predicted molar refractivity (Wildman–Crippen MR) is 59.9 cm³/mol. The highest BCUT2D eigenvalue weighted by Gasteiger charge is 2.12. The second-order valence-corrected chi connectivity index (χ2v) is 4.10. The Morgan fingerprint density at radius 2 is 1.73 bits per heavy atom. The number of hydrogen-bond donors (Lipinski definition) is 0. The maximum Gasteiger partial charge on any atom is 0.170 e. The lowest BCUT2D eigenvalue weighted by Gasteiger charge is -2.03. The topological polar surface area (TPSA) is 34.1 Å². The second-order valence-electron chi connectivity index (χ2n) is 4.10. The molecule has 0 unspecified atom stereocenters. The first-order valence-corrected chi connectivity index (χ1v) is 5.19. The second kappa shape index (κ2) is 5.44. The number of rotatable bonds is 5. The minimum atomic E-state index is -0.0822. The lowest BCUT2D eigenvalue weighted by Crippen LogP contribution is -2.10. The summed E-state index contributed by atoms with van der Waals surface area (Å²) < 4.78 is 0. The maximum atomic E-state index is 11.6. The third kappa shape index (κ3) is 4.07. The van der Waals surface area contributed by atoms with Crippen molar-refractivity contribution in [2.24, 2.45) is 5.92 Å². The molecule has 2 nitrogen and oxygen atoms in total. The van der Waals surface area contributed by atoms with Gasteiger partial charge in [0.25, 0.3) is 0 Å². The highest BCUT2D eigenvalue weighted by Crippen LogP contribution is 2.07. The van der Waals surface area contributed by atoms with E-state index in [0.29, 0.717) is 17.9 Å². The van der Waals surface area contributed by atoms with Gasteiger partial charge in [-0.1, -0.05) is 44.2 Å². The highest BCUT2D eigenvalue weighted by atomic mass is 16.1. The first-order valence-electron chi connectivity index (χ1n) is 5.19. The van der Waals surface area contributed by atoms with Crippen LogP contribution in [0.5, 0.6) is 0 Å². The summed E-state index contributed by atoms with van der Waals surface area (Å²) in [7, 11) is 0. The Kier molecular flexibility index (Phi) is 4.22. The minimum Gasteiger partial charge on any atom is -0.299 e. The van der Waals surface area contributed by atoms with Crippen LogP contribution in [0.3, 0.4) is 0 Å². The molecule has 0 amide bonds. The monoisotopic (exact) mass is 204 g/mol. The van der Waals surface area contributed by atoms with Gasteiger partial charge >= 0.3 is 0 Å². The molecule has 0 radical (unpaired) electrons. The van der Waals surface area contributed by atoms with E-state index >= 15 is 0 Å². The summed E-state index contributed by atoms with van der Waals surface area (Å²) in [4.78, 5) is 23.0. The van der Waals surface area contributed by atoms with Crippen LogP contribution in [-0.2, 0) is 4.79 Å². The fraction of sp³-hybridized carbons (Fsp3) is 0.385. The van der Waals surface area contributed by atoms with Crippen molar-refractivity contribution in [2.45, 2.75) is 26.7 Å². The molecule has 0 bridgehead atoms. The fourth-order valence-corrected chi connectivity index (χ4v) is 1.43. The van der Waals surface area contributed by atoms with Crippen LogP contribution in [0.1, 0.15) is 37.0 Å². The SMILES string of the molecule is CC(C)CC(=O)CC(=O)c1ccccc1. The van der Waals surface area contributed by atoms with E-state index in [0.717, 1.165) is 0 Å². The van der Waals surface area contributed by atoms with Crippen LogP contribution in [0.4, 0.5) is 0 Å². The standard InChI is InChI=1S/C13H16O2/c1-10(2)8-12(14)9-13(15)11-6-4-3-5-7-11/h3-7,10H,8-9H2,1-2H3. The molecule has 0 spiro atoms. The van der Waals surface area contributed by atoms with Gasteiger partial charge in [0.15, 0.2) is 5.78 Å². The largest absolute Gasteiger partial charge is 0.299 e. The number of hydrogen-bond acceptors (Lipinski definition) is 2. The lowest BCUT2D eigenvalue weighted by molar-refractivity contribution is -0.118. The van der Waals surface area contributed by atoms with Gasteiger partial charge in [-0.25, -0.2) is 0 Å². The molecule has 80 valence electrons. The molecular weight excluding hydrogens is 188 g/mol. The first-order chi connectivity index (χ1) is 7.09. The van der Waals surface area contributed by atoms with E-state index in [4.69, 9.17) is 0 Å². The zero-order valence-electron chi connectivity index (χ0n) is 9.19. The van der Waals surface area contributed by atoms with E-state index in [1.165, 1.54) is 0 Å².